The highest BCUT2D eigenvalue weighted by molar-refractivity contribution is 5.92. The van der Waals surface area contributed by atoms with E-state index in [4.69, 9.17) is 0 Å². The SMILES string of the molecule is CC1CCCC(n2nnc(C(=O)O)c2-c2ccncc2)C1. The third-order valence-electron chi connectivity index (χ3n) is 4.11. The molecule has 2 aromatic rings. The van der Waals surface area contributed by atoms with Gasteiger partial charge in [-0.3, -0.25) is 4.98 Å². The van der Waals surface area contributed by atoms with Gasteiger partial charge in [0, 0.05) is 18.0 Å². The number of pyridine rings is 1. The molecule has 0 bridgehead atoms. The molecule has 2 unspecified atom stereocenters. The Hall–Kier alpha value is -2.24. The fraction of sp³-hybridized carbons (Fsp3) is 0.467. The van der Waals surface area contributed by atoms with Crippen molar-refractivity contribution < 1.29 is 9.90 Å². The summed E-state index contributed by atoms with van der Waals surface area (Å²) in [7, 11) is 0. The maximum absolute atomic E-state index is 11.4. The first-order valence-corrected chi connectivity index (χ1v) is 7.25. The molecule has 2 heterocycles. The number of hydrogen-bond acceptors (Lipinski definition) is 4. The van der Waals surface area contributed by atoms with Crippen molar-refractivity contribution in [2.24, 2.45) is 5.92 Å². The smallest absolute Gasteiger partial charge is 0.358 e. The van der Waals surface area contributed by atoms with E-state index in [1.54, 1.807) is 29.2 Å². The van der Waals surface area contributed by atoms with Crippen LogP contribution >= 0.6 is 0 Å². The largest absolute Gasteiger partial charge is 0.476 e. The van der Waals surface area contributed by atoms with E-state index in [2.05, 4.69) is 22.2 Å². The van der Waals surface area contributed by atoms with Crippen LogP contribution in [0.3, 0.4) is 0 Å². The minimum atomic E-state index is -1.04. The molecule has 21 heavy (non-hydrogen) atoms. The van der Waals surface area contributed by atoms with Crippen LogP contribution in [0.1, 0.15) is 49.1 Å². The number of carboxylic acids is 1. The second kappa shape index (κ2) is 5.63. The first kappa shape index (κ1) is 13.7. The molecule has 1 aliphatic carbocycles. The molecule has 110 valence electrons. The highest BCUT2D eigenvalue weighted by Crippen LogP contribution is 2.35. The number of carboxylic acid groups (broad SMARTS) is 1. The fourth-order valence-electron chi connectivity index (χ4n) is 3.10. The summed E-state index contributed by atoms with van der Waals surface area (Å²) in [6.45, 7) is 2.23. The van der Waals surface area contributed by atoms with E-state index in [1.165, 1.54) is 6.42 Å². The van der Waals surface area contributed by atoms with Crippen molar-refractivity contribution in [2.75, 3.05) is 0 Å². The maximum atomic E-state index is 11.4. The van der Waals surface area contributed by atoms with E-state index in [1.807, 2.05) is 0 Å². The van der Waals surface area contributed by atoms with Gasteiger partial charge in [-0.2, -0.15) is 0 Å². The monoisotopic (exact) mass is 286 g/mol. The number of hydrogen-bond donors (Lipinski definition) is 1. The Bertz CT molecular complexity index is 638. The standard InChI is InChI=1S/C15H18N4O2/c1-10-3-2-4-12(9-10)19-14(11-5-7-16-8-6-11)13(15(20)21)17-18-19/h5-8,10,12H,2-4,9H2,1H3,(H,20,21). The van der Waals surface area contributed by atoms with Crippen LogP contribution in [0.5, 0.6) is 0 Å². The molecule has 2 aromatic heterocycles. The summed E-state index contributed by atoms with van der Waals surface area (Å²) in [6.07, 6.45) is 7.71. The van der Waals surface area contributed by atoms with E-state index < -0.39 is 5.97 Å². The Labute approximate surface area is 122 Å². The van der Waals surface area contributed by atoms with Crippen molar-refractivity contribution >= 4 is 5.97 Å². The number of aromatic carboxylic acids is 1. The Balaban J connectivity index is 2.07. The van der Waals surface area contributed by atoms with Crippen LogP contribution in [0.25, 0.3) is 11.3 Å². The molecule has 1 fully saturated rings. The van der Waals surface area contributed by atoms with Gasteiger partial charge in [0.2, 0.25) is 0 Å². The van der Waals surface area contributed by atoms with Gasteiger partial charge in [-0.15, -0.1) is 5.10 Å². The maximum Gasteiger partial charge on any atom is 0.358 e. The molecule has 3 rings (SSSR count). The van der Waals surface area contributed by atoms with Crippen molar-refractivity contribution in [1.82, 2.24) is 20.0 Å². The molecule has 0 spiro atoms. The third kappa shape index (κ3) is 2.66. The van der Waals surface area contributed by atoms with E-state index in [-0.39, 0.29) is 11.7 Å². The average Bonchev–Trinajstić information content (AvgIpc) is 2.93. The van der Waals surface area contributed by atoms with Crippen LogP contribution < -0.4 is 0 Å². The molecular weight excluding hydrogens is 268 g/mol. The molecule has 6 nitrogen and oxygen atoms in total. The molecule has 0 aromatic carbocycles. The molecule has 1 aliphatic rings. The molecule has 0 saturated heterocycles. The topological polar surface area (TPSA) is 80.9 Å². The molecule has 1 saturated carbocycles. The predicted molar refractivity (Wildman–Crippen MR) is 76.9 cm³/mol. The lowest BCUT2D eigenvalue weighted by molar-refractivity contribution is 0.0691. The second-order valence-electron chi connectivity index (χ2n) is 5.70. The first-order chi connectivity index (χ1) is 10.2. The van der Waals surface area contributed by atoms with Crippen molar-refractivity contribution in [1.29, 1.82) is 0 Å². The lowest BCUT2D eigenvalue weighted by atomic mass is 9.87. The van der Waals surface area contributed by atoms with Gasteiger partial charge in [-0.05, 0) is 30.9 Å². The van der Waals surface area contributed by atoms with Crippen molar-refractivity contribution in [2.45, 2.75) is 38.6 Å². The van der Waals surface area contributed by atoms with Crippen LogP contribution in [0.4, 0.5) is 0 Å². The predicted octanol–water partition coefficient (Wildman–Crippen LogP) is 2.79. The third-order valence-corrected chi connectivity index (χ3v) is 4.11. The molecule has 0 aliphatic heterocycles. The highest BCUT2D eigenvalue weighted by Gasteiger charge is 2.27. The quantitative estimate of drug-likeness (QED) is 0.938. The van der Waals surface area contributed by atoms with Crippen molar-refractivity contribution in [3.05, 3.63) is 30.2 Å². The normalized spacial score (nSPS) is 22.1. The summed E-state index contributed by atoms with van der Waals surface area (Å²) in [6, 6.07) is 3.82. The van der Waals surface area contributed by atoms with E-state index >= 15 is 0 Å². The molecule has 2 atom stereocenters. The van der Waals surface area contributed by atoms with Crippen LogP contribution in [0.2, 0.25) is 0 Å². The van der Waals surface area contributed by atoms with Gasteiger partial charge in [0.15, 0.2) is 5.69 Å². The summed E-state index contributed by atoms with van der Waals surface area (Å²) in [5.74, 6) is -0.413. The van der Waals surface area contributed by atoms with Gasteiger partial charge in [-0.25, -0.2) is 9.48 Å². The zero-order valence-electron chi connectivity index (χ0n) is 11.9. The van der Waals surface area contributed by atoms with Crippen LogP contribution in [-0.4, -0.2) is 31.1 Å². The molecule has 0 radical (unpaired) electrons. The summed E-state index contributed by atoms with van der Waals surface area (Å²) in [5, 5.41) is 17.4. The number of rotatable bonds is 3. The second-order valence-corrected chi connectivity index (χ2v) is 5.70. The van der Waals surface area contributed by atoms with Gasteiger partial charge in [0.05, 0.1) is 6.04 Å². The zero-order chi connectivity index (χ0) is 14.8. The van der Waals surface area contributed by atoms with Crippen LogP contribution in [0.15, 0.2) is 24.5 Å². The summed E-state index contributed by atoms with van der Waals surface area (Å²) < 4.78 is 1.80. The highest BCUT2D eigenvalue weighted by atomic mass is 16.4. The van der Waals surface area contributed by atoms with Gasteiger partial charge in [0.25, 0.3) is 0 Å². The zero-order valence-corrected chi connectivity index (χ0v) is 11.9. The Kier molecular flexibility index (Phi) is 3.68. The lowest BCUT2D eigenvalue weighted by Gasteiger charge is -2.27. The average molecular weight is 286 g/mol. The van der Waals surface area contributed by atoms with Gasteiger partial charge < -0.3 is 5.11 Å². The summed E-state index contributed by atoms with van der Waals surface area (Å²) in [4.78, 5) is 15.4. The molecule has 1 N–H and O–H groups in total. The molecular formula is C15H18N4O2. The Morgan fingerprint density at radius 2 is 2.10 bits per heavy atom. The van der Waals surface area contributed by atoms with E-state index in [0.717, 1.165) is 24.8 Å². The number of aromatic nitrogens is 4. The van der Waals surface area contributed by atoms with Crippen molar-refractivity contribution in [3.8, 4) is 11.3 Å². The summed E-state index contributed by atoms with van der Waals surface area (Å²) in [5.41, 5.74) is 1.40. The Morgan fingerprint density at radius 1 is 1.33 bits per heavy atom. The van der Waals surface area contributed by atoms with Gasteiger partial charge in [0.1, 0.15) is 5.69 Å². The Morgan fingerprint density at radius 3 is 2.76 bits per heavy atom. The van der Waals surface area contributed by atoms with E-state index in [0.29, 0.717) is 11.6 Å². The van der Waals surface area contributed by atoms with Crippen molar-refractivity contribution in [3.63, 3.8) is 0 Å². The number of carbonyl (C=O) groups is 1. The fourth-order valence-corrected chi connectivity index (χ4v) is 3.10. The first-order valence-electron chi connectivity index (χ1n) is 7.25. The van der Waals surface area contributed by atoms with Gasteiger partial charge >= 0.3 is 5.97 Å². The molecule has 0 amide bonds. The minimum Gasteiger partial charge on any atom is -0.476 e. The molecule has 6 heteroatoms. The lowest BCUT2D eigenvalue weighted by Crippen LogP contribution is -2.19. The van der Waals surface area contributed by atoms with Crippen LogP contribution in [0, 0.1) is 5.92 Å². The van der Waals surface area contributed by atoms with Crippen LogP contribution in [-0.2, 0) is 0 Å². The number of nitrogens with zero attached hydrogens (tertiary/aromatic N) is 4. The van der Waals surface area contributed by atoms with E-state index in [9.17, 15) is 9.90 Å². The van der Waals surface area contributed by atoms with Gasteiger partial charge in [-0.1, -0.05) is 25.0 Å². The minimum absolute atomic E-state index is 0.0134. The summed E-state index contributed by atoms with van der Waals surface area (Å²) >= 11 is 0.